The third-order valence-electron chi connectivity index (χ3n) is 5.90. The van der Waals surface area contributed by atoms with Gasteiger partial charge in [0.1, 0.15) is 16.5 Å². The number of aromatic nitrogens is 1. The largest absolute Gasteiger partial charge is 0.598 e. The third-order valence-corrected chi connectivity index (χ3v) is 8.11. The molecule has 1 unspecified atom stereocenters. The number of fused-ring (bicyclic) bond motifs is 1. The molecule has 182 valence electrons. The van der Waals surface area contributed by atoms with Gasteiger partial charge >= 0.3 is 0 Å². The molecule has 1 aliphatic rings. The van der Waals surface area contributed by atoms with Crippen molar-refractivity contribution >= 4 is 28.4 Å². The molecule has 0 bridgehead atoms. The van der Waals surface area contributed by atoms with Crippen LogP contribution in [0.2, 0.25) is 0 Å². The molecule has 1 heterocycles. The second-order valence-electron chi connectivity index (χ2n) is 9.01. The van der Waals surface area contributed by atoms with E-state index < -0.39 is 11.4 Å². The Bertz CT molecular complexity index is 1120. The summed E-state index contributed by atoms with van der Waals surface area (Å²) in [5.74, 6) is 1.49. The molecule has 0 radical (unpaired) electrons. The van der Waals surface area contributed by atoms with Crippen molar-refractivity contribution in [2.75, 3.05) is 38.3 Å². The summed E-state index contributed by atoms with van der Waals surface area (Å²) in [5, 5.41) is 4.05. The summed E-state index contributed by atoms with van der Waals surface area (Å²) < 4.78 is 21.7. The number of hydrogen-bond donors (Lipinski definition) is 2. The van der Waals surface area contributed by atoms with Crippen molar-refractivity contribution < 1.29 is 9.29 Å². The topological polar surface area (TPSA) is 72.5 Å². The monoisotopic (exact) mass is 498 g/mol. The second kappa shape index (κ2) is 11.1. The fourth-order valence-corrected chi connectivity index (χ4v) is 6.34. The molecule has 0 spiro atoms. The minimum absolute atomic E-state index is 0.121. The van der Waals surface area contributed by atoms with Gasteiger partial charge in [0, 0.05) is 43.8 Å². The first-order valence-electron chi connectivity index (χ1n) is 11.7. The number of hydrogen-bond acceptors (Lipinski definition) is 7. The van der Waals surface area contributed by atoms with Gasteiger partial charge in [0.25, 0.3) is 0 Å². The van der Waals surface area contributed by atoms with E-state index in [0.29, 0.717) is 5.75 Å². The van der Waals surface area contributed by atoms with Crippen molar-refractivity contribution in [2.45, 2.75) is 38.8 Å². The van der Waals surface area contributed by atoms with Crippen molar-refractivity contribution in [3.05, 3.63) is 53.7 Å². The molecule has 8 heteroatoms. The van der Waals surface area contributed by atoms with Gasteiger partial charge in [-0.2, -0.15) is 0 Å². The lowest BCUT2D eigenvalue weighted by molar-refractivity contribution is 0.243. The molecule has 0 fully saturated rings. The van der Waals surface area contributed by atoms with Gasteiger partial charge in [0.15, 0.2) is 0 Å². The highest BCUT2D eigenvalue weighted by atomic mass is 32.2. The molecular weight excluding hydrogens is 464 g/mol. The van der Waals surface area contributed by atoms with Crippen molar-refractivity contribution in [1.82, 2.24) is 15.0 Å². The van der Waals surface area contributed by atoms with Crippen LogP contribution < -0.4 is 19.7 Å². The highest BCUT2D eigenvalue weighted by Gasteiger charge is 2.28. The zero-order valence-electron chi connectivity index (χ0n) is 20.6. The quantitative estimate of drug-likeness (QED) is 0.392. The Morgan fingerprint density at radius 3 is 2.82 bits per heavy atom. The molecule has 2 N–H and O–H groups in total. The SMILES string of the molecule is CNCC[S+]([O-])N[C@H]1CCc2c(-c3cnc(-c4ccc(OC(C)C)c(N(C)C)c4)s3)cccc21. The molecule has 1 aliphatic carbocycles. The van der Waals surface area contributed by atoms with Crippen molar-refractivity contribution in [1.29, 1.82) is 0 Å². The fraction of sp³-hybridized carbons (Fsp3) is 0.423. The van der Waals surface area contributed by atoms with Crippen LogP contribution in [0.5, 0.6) is 5.75 Å². The normalized spacial score (nSPS) is 16.0. The second-order valence-corrected chi connectivity index (χ2v) is 11.4. The Labute approximate surface area is 210 Å². The third kappa shape index (κ3) is 5.58. The molecule has 0 saturated heterocycles. The molecule has 34 heavy (non-hydrogen) atoms. The van der Waals surface area contributed by atoms with Crippen LogP contribution in [0.25, 0.3) is 21.0 Å². The van der Waals surface area contributed by atoms with E-state index in [1.54, 1.807) is 11.3 Å². The lowest BCUT2D eigenvalue weighted by Crippen LogP contribution is -2.33. The summed E-state index contributed by atoms with van der Waals surface area (Å²) >= 11 is 0.675. The first-order valence-corrected chi connectivity index (χ1v) is 13.9. The Morgan fingerprint density at radius 2 is 2.09 bits per heavy atom. The van der Waals surface area contributed by atoms with Crippen LogP contribution in [-0.2, 0) is 17.8 Å². The van der Waals surface area contributed by atoms with Gasteiger partial charge in [-0.05, 0) is 68.6 Å². The Morgan fingerprint density at radius 1 is 1.26 bits per heavy atom. The molecule has 2 aromatic carbocycles. The Hall–Kier alpha value is -2.10. The molecule has 1 aromatic heterocycles. The molecule has 6 nitrogen and oxygen atoms in total. The number of nitrogens with zero attached hydrogens (tertiary/aromatic N) is 2. The van der Waals surface area contributed by atoms with E-state index in [9.17, 15) is 4.55 Å². The van der Waals surface area contributed by atoms with E-state index >= 15 is 0 Å². The van der Waals surface area contributed by atoms with E-state index in [-0.39, 0.29) is 12.1 Å². The van der Waals surface area contributed by atoms with Crippen LogP contribution in [0.15, 0.2) is 42.6 Å². The standard InChI is InChI=1S/C26H34N4O2S2/c1-17(2)32-24-12-9-18(15-23(24)30(4)5)26-28-16-25(33-26)21-8-6-7-20-19(21)10-11-22(20)29-34(31)14-13-27-3/h6-9,12,15-17,22,27,29H,10-11,13-14H2,1-5H3/t22-,34?/m0/s1. The van der Waals surface area contributed by atoms with Crippen LogP contribution >= 0.6 is 11.3 Å². The zero-order chi connectivity index (χ0) is 24.2. The van der Waals surface area contributed by atoms with Gasteiger partial charge in [-0.15, -0.1) is 16.1 Å². The smallest absolute Gasteiger partial charge is 0.143 e. The average molecular weight is 499 g/mol. The zero-order valence-corrected chi connectivity index (χ0v) is 22.2. The minimum atomic E-state index is -1.04. The number of rotatable bonds is 10. The Balaban J connectivity index is 1.58. The van der Waals surface area contributed by atoms with Crippen LogP contribution in [0.1, 0.15) is 37.4 Å². The molecule has 0 amide bonds. The van der Waals surface area contributed by atoms with Gasteiger partial charge in [0.2, 0.25) is 0 Å². The molecular formula is C26H34N4O2S2. The van der Waals surface area contributed by atoms with E-state index in [2.05, 4.69) is 45.3 Å². The van der Waals surface area contributed by atoms with E-state index in [4.69, 9.17) is 9.72 Å². The summed E-state index contributed by atoms with van der Waals surface area (Å²) in [6, 6.07) is 12.9. The first-order chi connectivity index (χ1) is 16.4. The summed E-state index contributed by atoms with van der Waals surface area (Å²) in [5.41, 5.74) is 5.97. The number of ether oxygens (including phenoxy) is 1. The molecule has 4 rings (SSSR count). The van der Waals surface area contributed by atoms with E-state index in [1.165, 1.54) is 16.7 Å². The van der Waals surface area contributed by atoms with Crippen molar-refractivity contribution in [2.24, 2.45) is 0 Å². The van der Waals surface area contributed by atoms with Crippen molar-refractivity contribution in [3.8, 4) is 26.8 Å². The summed E-state index contributed by atoms with van der Waals surface area (Å²) in [4.78, 5) is 8.01. The number of thiazole rings is 1. The predicted octanol–water partition coefficient (Wildman–Crippen LogP) is 4.79. The van der Waals surface area contributed by atoms with Crippen LogP contribution in [-0.4, -0.2) is 49.1 Å². The summed E-state index contributed by atoms with van der Waals surface area (Å²) in [6.07, 6.45) is 4.04. The van der Waals surface area contributed by atoms with Crippen LogP contribution in [0.3, 0.4) is 0 Å². The van der Waals surface area contributed by atoms with Crippen molar-refractivity contribution in [3.63, 3.8) is 0 Å². The number of anilines is 1. The lowest BCUT2D eigenvalue weighted by Gasteiger charge is -2.20. The van der Waals surface area contributed by atoms with E-state index in [0.717, 1.165) is 46.3 Å². The average Bonchev–Trinajstić information content (AvgIpc) is 3.45. The van der Waals surface area contributed by atoms with Gasteiger partial charge < -0.3 is 19.5 Å². The van der Waals surface area contributed by atoms with Gasteiger partial charge in [-0.25, -0.2) is 4.98 Å². The first kappa shape index (κ1) is 25.0. The van der Waals surface area contributed by atoms with Gasteiger partial charge in [-0.3, -0.25) is 0 Å². The maximum atomic E-state index is 12.4. The highest BCUT2D eigenvalue weighted by Crippen LogP contribution is 2.42. The minimum Gasteiger partial charge on any atom is -0.598 e. The van der Waals surface area contributed by atoms with Gasteiger partial charge in [-0.1, -0.05) is 18.2 Å². The number of nitrogens with one attached hydrogen (secondary N) is 2. The molecule has 3 aromatic rings. The highest BCUT2D eigenvalue weighted by molar-refractivity contribution is 7.89. The molecule has 0 aliphatic heterocycles. The van der Waals surface area contributed by atoms with E-state index in [1.807, 2.05) is 47.3 Å². The van der Waals surface area contributed by atoms with Gasteiger partial charge in [0.05, 0.1) is 22.7 Å². The summed E-state index contributed by atoms with van der Waals surface area (Å²) in [7, 11) is 5.94. The fourth-order valence-electron chi connectivity index (χ4n) is 4.31. The molecule has 0 saturated carbocycles. The lowest BCUT2D eigenvalue weighted by atomic mass is 10.0. The molecule has 2 atom stereocenters. The van der Waals surface area contributed by atoms with Crippen LogP contribution in [0.4, 0.5) is 5.69 Å². The number of benzene rings is 2. The summed E-state index contributed by atoms with van der Waals surface area (Å²) in [6.45, 7) is 4.82. The van der Waals surface area contributed by atoms with Crippen LogP contribution in [0, 0.1) is 0 Å². The predicted molar refractivity (Wildman–Crippen MR) is 144 cm³/mol. The maximum Gasteiger partial charge on any atom is 0.143 e. The Kier molecular flexibility index (Phi) is 8.16. The maximum absolute atomic E-state index is 12.4.